The summed E-state index contributed by atoms with van der Waals surface area (Å²) in [6.45, 7) is 1.77. The number of Topliss-reactive ketones (excluding diaryl/α,β-unsaturated/α-hetero) is 2. The fraction of sp³-hybridized carbons (Fsp3) is 0.667. The summed E-state index contributed by atoms with van der Waals surface area (Å²) < 4.78 is 5.32. The summed E-state index contributed by atoms with van der Waals surface area (Å²) in [5.74, 6) is 0.834. The third kappa shape index (κ3) is 0.718. The van der Waals surface area contributed by atoms with Crippen LogP contribution < -0.4 is 0 Å². The lowest BCUT2D eigenvalue weighted by atomic mass is 9.68. The second-order valence-corrected chi connectivity index (χ2v) is 5.37. The molecule has 2 bridgehead atoms. The van der Waals surface area contributed by atoms with E-state index >= 15 is 0 Å². The molecule has 0 aromatic rings. The second-order valence-electron chi connectivity index (χ2n) is 5.37. The SMILES string of the molecule is C[C@]12O[C@@H]1C(=O)[C@@H]1[C@H](C2=O)[C@H]2C=C[C@H]1C2. The van der Waals surface area contributed by atoms with Crippen molar-refractivity contribution in [1.29, 1.82) is 0 Å². The maximum absolute atomic E-state index is 12.2. The summed E-state index contributed by atoms with van der Waals surface area (Å²) in [5, 5.41) is 0. The zero-order valence-electron chi connectivity index (χ0n) is 8.47. The first-order valence-corrected chi connectivity index (χ1v) is 5.57. The van der Waals surface area contributed by atoms with Gasteiger partial charge in [-0.05, 0) is 25.2 Å². The lowest BCUT2D eigenvalue weighted by Gasteiger charge is -2.30. The van der Waals surface area contributed by atoms with Gasteiger partial charge in [0.25, 0.3) is 0 Å². The second kappa shape index (κ2) is 2.09. The quantitative estimate of drug-likeness (QED) is 0.432. The Morgan fingerprint density at radius 3 is 2.67 bits per heavy atom. The first-order chi connectivity index (χ1) is 7.13. The van der Waals surface area contributed by atoms with Crippen LogP contribution in [0.1, 0.15) is 13.3 Å². The lowest BCUT2D eigenvalue weighted by Crippen LogP contribution is -2.47. The van der Waals surface area contributed by atoms with Crippen molar-refractivity contribution in [3.05, 3.63) is 12.2 Å². The number of epoxide rings is 1. The minimum atomic E-state index is -0.753. The molecule has 1 saturated heterocycles. The van der Waals surface area contributed by atoms with Crippen molar-refractivity contribution in [2.45, 2.75) is 25.0 Å². The Morgan fingerprint density at radius 1 is 1.27 bits per heavy atom. The molecule has 0 spiro atoms. The maximum atomic E-state index is 12.2. The summed E-state index contributed by atoms with van der Waals surface area (Å²) in [4.78, 5) is 24.3. The summed E-state index contributed by atoms with van der Waals surface area (Å²) in [6.07, 6.45) is 4.81. The first-order valence-electron chi connectivity index (χ1n) is 5.57. The molecular formula is C12H12O3. The van der Waals surface area contributed by atoms with E-state index < -0.39 is 11.7 Å². The van der Waals surface area contributed by atoms with E-state index in [-0.39, 0.29) is 23.4 Å². The van der Waals surface area contributed by atoms with Crippen LogP contribution in [0.5, 0.6) is 0 Å². The molecular weight excluding hydrogens is 192 g/mol. The molecule has 0 unspecified atom stereocenters. The number of ether oxygens (including phenoxy) is 1. The van der Waals surface area contributed by atoms with Crippen LogP contribution in [0.25, 0.3) is 0 Å². The predicted molar refractivity (Wildman–Crippen MR) is 51.0 cm³/mol. The Morgan fingerprint density at radius 2 is 1.93 bits per heavy atom. The highest BCUT2D eigenvalue weighted by molar-refractivity contribution is 6.09. The van der Waals surface area contributed by atoms with Crippen LogP contribution in [0.3, 0.4) is 0 Å². The molecule has 4 aliphatic rings. The van der Waals surface area contributed by atoms with Crippen molar-refractivity contribution in [2.24, 2.45) is 23.7 Å². The number of fused-ring (bicyclic) bond motifs is 6. The highest BCUT2D eigenvalue weighted by atomic mass is 16.6. The van der Waals surface area contributed by atoms with Crippen LogP contribution in [0.4, 0.5) is 0 Å². The van der Waals surface area contributed by atoms with Gasteiger partial charge in [0.2, 0.25) is 0 Å². The highest BCUT2D eigenvalue weighted by Gasteiger charge is 2.72. The Balaban J connectivity index is 1.85. The van der Waals surface area contributed by atoms with E-state index in [1.807, 2.05) is 0 Å². The van der Waals surface area contributed by atoms with Crippen LogP contribution in [0.15, 0.2) is 12.2 Å². The van der Waals surface area contributed by atoms with Gasteiger partial charge in [-0.15, -0.1) is 0 Å². The molecule has 0 aromatic heterocycles. The number of allylic oxidation sites excluding steroid dienone is 2. The molecule has 3 aliphatic carbocycles. The summed E-state index contributed by atoms with van der Waals surface area (Å²) in [7, 11) is 0. The smallest absolute Gasteiger partial charge is 0.171 e. The molecule has 0 aromatic carbocycles. The van der Waals surface area contributed by atoms with Crippen LogP contribution in [0.2, 0.25) is 0 Å². The molecule has 15 heavy (non-hydrogen) atoms. The minimum absolute atomic E-state index is 0.0620. The van der Waals surface area contributed by atoms with Crippen molar-refractivity contribution in [3.63, 3.8) is 0 Å². The van der Waals surface area contributed by atoms with E-state index in [9.17, 15) is 9.59 Å². The third-order valence-electron chi connectivity index (χ3n) is 4.64. The maximum Gasteiger partial charge on any atom is 0.171 e. The molecule has 1 aliphatic heterocycles. The minimum Gasteiger partial charge on any atom is -0.350 e. The van der Waals surface area contributed by atoms with Gasteiger partial charge in [0.15, 0.2) is 23.3 Å². The fourth-order valence-electron chi connectivity index (χ4n) is 3.80. The molecule has 3 nitrogen and oxygen atoms in total. The number of hydrogen-bond acceptors (Lipinski definition) is 3. The Labute approximate surface area is 87.5 Å². The molecule has 3 heteroatoms. The van der Waals surface area contributed by atoms with E-state index in [1.54, 1.807) is 6.92 Å². The van der Waals surface area contributed by atoms with Crippen molar-refractivity contribution in [2.75, 3.05) is 0 Å². The predicted octanol–water partition coefficient (Wildman–Crippen LogP) is 0.734. The van der Waals surface area contributed by atoms with Gasteiger partial charge in [-0.25, -0.2) is 0 Å². The van der Waals surface area contributed by atoms with Gasteiger partial charge in [-0.2, -0.15) is 0 Å². The van der Waals surface area contributed by atoms with E-state index in [2.05, 4.69) is 12.2 Å². The normalized spacial score (nSPS) is 59.4. The first kappa shape index (κ1) is 8.22. The van der Waals surface area contributed by atoms with E-state index in [0.29, 0.717) is 11.8 Å². The van der Waals surface area contributed by atoms with Gasteiger partial charge < -0.3 is 4.74 Å². The fourth-order valence-corrected chi connectivity index (χ4v) is 3.80. The highest BCUT2D eigenvalue weighted by Crippen LogP contribution is 2.58. The average molecular weight is 204 g/mol. The molecule has 78 valence electrons. The number of rotatable bonds is 0. The van der Waals surface area contributed by atoms with Gasteiger partial charge in [0.05, 0.1) is 0 Å². The van der Waals surface area contributed by atoms with Crippen LogP contribution in [-0.4, -0.2) is 23.3 Å². The lowest BCUT2D eigenvalue weighted by molar-refractivity contribution is -0.138. The topological polar surface area (TPSA) is 46.7 Å². The van der Waals surface area contributed by atoms with Gasteiger partial charge >= 0.3 is 0 Å². The van der Waals surface area contributed by atoms with E-state index in [4.69, 9.17) is 4.74 Å². The number of carbonyl (C=O) groups is 2. The Hall–Kier alpha value is -0.960. The largest absolute Gasteiger partial charge is 0.350 e. The summed E-state index contributed by atoms with van der Waals surface area (Å²) in [5.41, 5.74) is -0.753. The molecule has 6 atom stereocenters. The third-order valence-corrected chi connectivity index (χ3v) is 4.64. The number of ketones is 2. The monoisotopic (exact) mass is 204 g/mol. The molecule has 0 radical (unpaired) electrons. The van der Waals surface area contributed by atoms with Crippen molar-refractivity contribution >= 4 is 11.6 Å². The van der Waals surface area contributed by atoms with Gasteiger partial charge in [-0.3, -0.25) is 9.59 Å². The average Bonchev–Trinajstić information content (AvgIpc) is 2.64. The Kier molecular flexibility index (Phi) is 1.15. The number of hydrogen-bond donors (Lipinski definition) is 0. The molecule has 0 amide bonds. The van der Waals surface area contributed by atoms with Crippen LogP contribution >= 0.6 is 0 Å². The Bertz CT molecular complexity index is 425. The molecule has 2 saturated carbocycles. The summed E-state index contributed by atoms with van der Waals surface area (Å²) >= 11 is 0. The van der Waals surface area contributed by atoms with E-state index in [0.717, 1.165) is 6.42 Å². The standard InChI is InChI=1S/C12H12O3/c1-12-10(14)8-6-3-2-5(4-6)7(8)9(13)11(12)15-12/h2-3,5-8,11H,4H2,1H3/t5-,6-,7-,8+,11+,12+/m0/s1. The molecule has 1 heterocycles. The van der Waals surface area contributed by atoms with Gasteiger partial charge in [-0.1, -0.05) is 12.2 Å². The summed E-state index contributed by atoms with van der Waals surface area (Å²) in [6, 6.07) is 0. The molecule has 0 N–H and O–H groups in total. The van der Waals surface area contributed by atoms with Crippen LogP contribution in [-0.2, 0) is 14.3 Å². The van der Waals surface area contributed by atoms with Crippen molar-refractivity contribution in [1.82, 2.24) is 0 Å². The van der Waals surface area contributed by atoms with Crippen molar-refractivity contribution in [3.8, 4) is 0 Å². The van der Waals surface area contributed by atoms with Gasteiger partial charge in [0, 0.05) is 11.8 Å². The van der Waals surface area contributed by atoms with Gasteiger partial charge in [0.1, 0.15) is 0 Å². The van der Waals surface area contributed by atoms with Crippen LogP contribution in [0, 0.1) is 23.7 Å². The van der Waals surface area contributed by atoms with E-state index in [1.165, 1.54) is 0 Å². The molecule has 3 fully saturated rings. The zero-order valence-corrected chi connectivity index (χ0v) is 8.47. The zero-order chi connectivity index (χ0) is 10.4. The molecule has 4 rings (SSSR count). The van der Waals surface area contributed by atoms with Crippen molar-refractivity contribution < 1.29 is 14.3 Å². The number of carbonyl (C=O) groups excluding carboxylic acids is 2.